The molecule has 0 aromatic heterocycles. The number of esters is 1. The fourth-order valence-electron chi connectivity index (χ4n) is 2.39. The lowest BCUT2D eigenvalue weighted by Crippen LogP contribution is -2.24. The summed E-state index contributed by atoms with van der Waals surface area (Å²) in [5.41, 5.74) is 0.0979. The number of amides is 1. The first-order chi connectivity index (χ1) is 14.4. The van der Waals surface area contributed by atoms with Gasteiger partial charge in [0.05, 0.1) is 23.8 Å². The lowest BCUT2D eigenvalue weighted by atomic mass is 10.2. The second-order valence-corrected chi connectivity index (χ2v) is 5.75. The maximum absolute atomic E-state index is 12.1. The topological polar surface area (TPSA) is 126 Å². The van der Waals surface area contributed by atoms with Crippen molar-refractivity contribution in [3.63, 3.8) is 0 Å². The normalized spacial score (nSPS) is 10.1. The molecule has 0 saturated carbocycles. The van der Waals surface area contributed by atoms with Crippen LogP contribution in [-0.2, 0) is 14.3 Å². The third-order valence-electron chi connectivity index (χ3n) is 3.61. The number of hydrogen-bond acceptors (Lipinski definition) is 8. The monoisotopic (exact) mass is 418 g/mol. The Bertz CT molecular complexity index is 900. The number of hydrogen-bond donors (Lipinski definition) is 1. The molecule has 0 heterocycles. The molecule has 2 aromatic rings. The van der Waals surface area contributed by atoms with Gasteiger partial charge in [-0.2, -0.15) is 0 Å². The Labute approximate surface area is 172 Å². The predicted molar refractivity (Wildman–Crippen MR) is 107 cm³/mol. The van der Waals surface area contributed by atoms with Gasteiger partial charge in [0.1, 0.15) is 11.5 Å². The van der Waals surface area contributed by atoms with Crippen LogP contribution < -0.4 is 19.5 Å². The number of nitro groups is 1. The first-order valence-electron chi connectivity index (χ1n) is 9.15. The summed E-state index contributed by atoms with van der Waals surface area (Å²) in [5.74, 6) is -0.524. The molecule has 0 fully saturated rings. The highest BCUT2D eigenvalue weighted by Crippen LogP contribution is 2.29. The minimum Gasteiger partial charge on any atom is -0.494 e. The van der Waals surface area contributed by atoms with Crippen LogP contribution in [0.1, 0.15) is 13.8 Å². The molecule has 10 nitrogen and oxygen atoms in total. The van der Waals surface area contributed by atoms with Gasteiger partial charge in [-0.1, -0.05) is 12.1 Å². The van der Waals surface area contributed by atoms with Crippen LogP contribution in [0.15, 0.2) is 42.5 Å². The van der Waals surface area contributed by atoms with Gasteiger partial charge in [0.2, 0.25) is 0 Å². The fraction of sp³-hybridized carbons (Fsp3) is 0.300. The number of nitrogens with one attached hydrogen (secondary N) is 1. The molecule has 0 unspecified atom stereocenters. The molecule has 0 aliphatic rings. The SMILES string of the molecule is CCOc1ccc(OCC)c(NC(=O)COC(=O)COc2ccccc2[N+](=O)[O-])c1. The lowest BCUT2D eigenvalue weighted by Gasteiger charge is -2.13. The summed E-state index contributed by atoms with van der Waals surface area (Å²) < 4.78 is 20.8. The molecule has 0 saturated heterocycles. The van der Waals surface area contributed by atoms with E-state index in [1.54, 1.807) is 25.1 Å². The molecule has 30 heavy (non-hydrogen) atoms. The highest BCUT2D eigenvalue weighted by molar-refractivity contribution is 5.94. The van der Waals surface area contributed by atoms with Gasteiger partial charge in [0.15, 0.2) is 19.0 Å². The molecule has 0 radical (unpaired) electrons. The molecule has 2 aromatic carbocycles. The molecule has 0 aliphatic heterocycles. The Balaban J connectivity index is 1.89. The number of nitrogens with zero attached hydrogens (tertiary/aromatic N) is 1. The average molecular weight is 418 g/mol. The Hall–Kier alpha value is -3.82. The third-order valence-corrected chi connectivity index (χ3v) is 3.61. The predicted octanol–water partition coefficient (Wildman–Crippen LogP) is 2.95. The Morgan fingerprint density at radius 1 is 0.967 bits per heavy atom. The van der Waals surface area contributed by atoms with Crippen molar-refractivity contribution in [2.45, 2.75) is 13.8 Å². The van der Waals surface area contributed by atoms with Crippen molar-refractivity contribution in [2.24, 2.45) is 0 Å². The smallest absolute Gasteiger partial charge is 0.344 e. The Morgan fingerprint density at radius 3 is 2.40 bits per heavy atom. The van der Waals surface area contributed by atoms with E-state index in [2.05, 4.69) is 5.32 Å². The van der Waals surface area contributed by atoms with E-state index in [1.165, 1.54) is 24.3 Å². The number of carbonyl (C=O) groups is 2. The highest BCUT2D eigenvalue weighted by Gasteiger charge is 2.16. The van der Waals surface area contributed by atoms with E-state index in [0.29, 0.717) is 30.4 Å². The quantitative estimate of drug-likeness (QED) is 0.335. The summed E-state index contributed by atoms with van der Waals surface area (Å²) in [5, 5.41) is 13.5. The first-order valence-corrected chi connectivity index (χ1v) is 9.15. The third kappa shape index (κ3) is 6.66. The van der Waals surface area contributed by atoms with Gasteiger partial charge in [-0.05, 0) is 32.0 Å². The van der Waals surface area contributed by atoms with Crippen LogP contribution in [0.3, 0.4) is 0 Å². The molecule has 0 atom stereocenters. The van der Waals surface area contributed by atoms with Crippen LogP contribution in [0.4, 0.5) is 11.4 Å². The molecule has 160 valence electrons. The highest BCUT2D eigenvalue weighted by atomic mass is 16.6. The van der Waals surface area contributed by atoms with E-state index in [9.17, 15) is 19.7 Å². The van der Waals surface area contributed by atoms with Gasteiger partial charge in [-0.15, -0.1) is 0 Å². The summed E-state index contributed by atoms with van der Waals surface area (Å²) in [7, 11) is 0. The van der Waals surface area contributed by atoms with Crippen LogP contribution >= 0.6 is 0 Å². The molecular weight excluding hydrogens is 396 g/mol. The zero-order valence-corrected chi connectivity index (χ0v) is 16.6. The van der Waals surface area contributed by atoms with Crippen molar-refractivity contribution < 1.29 is 33.5 Å². The van der Waals surface area contributed by atoms with Gasteiger partial charge >= 0.3 is 11.7 Å². The number of ether oxygens (including phenoxy) is 4. The van der Waals surface area contributed by atoms with E-state index in [4.69, 9.17) is 18.9 Å². The van der Waals surface area contributed by atoms with Gasteiger partial charge in [0.25, 0.3) is 5.91 Å². The van der Waals surface area contributed by atoms with E-state index in [-0.39, 0.29) is 11.4 Å². The molecule has 2 rings (SSSR count). The van der Waals surface area contributed by atoms with Crippen molar-refractivity contribution in [3.8, 4) is 17.2 Å². The van der Waals surface area contributed by atoms with E-state index >= 15 is 0 Å². The zero-order valence-electron chi connectivity index (χ0n) is 16.6. The van der Waals surface area contributed by atoms with Crippen LogP contribution in [0.25, 0.3) is 0 Å². The van der Waals surface area contributed by atoms with Gasteiger partial charge in [-0.3, -0.25) is 14.9 Å². The van der Waals surface area contributed by atoms with Crippen LogP contribution in [0, 0.1) is 10.1 Å². The van der Waals surface area contributed by atoms with Crippen molar-refractivity contribution in [2.75, 3.05) is 31.7 Å². The molecule has 0 aliphatic carbocycles. The number of nitro benzene ring substituents is 1. The number of benzene rings is 2. The van der Waals surface area contributed by atoms with Crippen LogP contribution in [-0.4, -0.2) is 43.2 Å². The van der Waals surface area contributed by atoms with E-state index in [0.717, 1.165) is 0 Å². The minimum atomic E-state index is -0.851. The Kier molecular flexibility index (Phi) is 8.42. The van der Waals surface area contributed by atoms with Gasteiger partial charge < -0.3 is 24.3 Å². The van der Waals surface area contributed by atoms with Crippen molar-refractivity contribution in [3.05, 3.63) is 52.6 Å². The molecule has 1 N–H and O–H groups in total. The number of para-hydroxylation sites is 2. The van der Waals surface area contributed by atoms with Crippen molar-refractivity contribution in [1.29, 1.82) is 0 Å². The minimum absolute atomic E-state index is 0.0713. The standard InChI is InChI=1S/C20H22N2O8/c1-3-27-14-9-10-17(28-4-2)15(11-14)21-19(23)12-30-20(24)13-29-18-8-6-5-7-16(18)22(25)26/h5-11H,3-4,12-13H2,1-2H3,(H,21,23). The number of anilines is 1. The van der Waals surface area contributed by atoms with E-state index < -0.39 is 30.0 Å². The van der Waals surface area contributed by atoms with E-state index in [1.807, 2.05) is 6.92 Å². The van der Waals surface area contributed by atoms with Crippen molar-refractivity contribution >= 4 is 23.3 Å². The average Bonchev–Trinajstić information content (AvgIpc) is 2.73. The maximum Gasteiger partial charge on any atom is 0.344 e. The second-order valence-electron chi connectivity index (χ2n) is 5.75. The zero-order chi connectivity index (χ0) is 21.9. The van der Waals surface area contributed by atoms with Crippen molar-refractivity contribution in [1.82, 2.24) is 0 Å². The van der Waals surface area contributed by atoms with Gasteiger partial charge in [0, 0.05) is 12.1 Å². The first kappa shape index (κ1) is 22.5. The summed E-state index contributed by atoms with van der Waals surface area (Å²) in [4.78, 5) is 34.3. The molecule has 1 amide bonds. The molecular formula is C20H22N2O8. The summed E-state index contributed by atoms with van der Waals surface area (Å²) >= 11 is 0. The largest absolute Gasteiger partial charge is 0.494 e. The summed E-state index contributed by atoms with van der Waals surface area (Å²) in [6.07, 6.45) is 0. The van der Waals surface area contributed by atoms with Crippen LogP contribution in [0.5, 0.6) is 17.2 Å². The van der Waals surface area contributed by atoms with Gasteiger partial charge in [-0.25, -0.2) is 4.79 Å². The number of carbonyl (C=O) groups excluding carboxylic acids is 2. The lowest BCUT2D eigenvalue weighted by molar-refractivity contribution is -0.385. The Morgan fingerprint density at radius 2 is 1.70 bits per heavy atom. The van der Waals surface area contributed by atoms with Crippen LogP contribution in [0.2, 0.25) is 0 Å². The summed E-state index contributed by atoms with van der Waals surface area (Å²) in [6, 6.07) is 10.6. The second kappa shape index (κ2) is 11.2. The molecule has 0 spiro atoms. The molecule has 10 heteroatoms. The maximum atomic E-state index is 12.1. The fourth-order valence-corrected chi connectivity index (χ4v) is 2.39. The number of rotatable bonds is 11. The molecule has 0 bridgehead atoms. The summed E-state index contributed by atoms with van der Waals surface area (Å²) in [6.45, 7) is 3.35.